The van der Waals surface area contributed by atoms with E-state index in [0.717, 1.165) is 29.0 Å². The minimum atomic E-state index is 0.567. The van der Waals surface area contributed by atoms with Crippen molar-refractivity contribution < 1.29 is 0 Å². The van der Waals surface area contributed by atoms with Crippen LogP contribution in [0.4, 0.5) is 0 Å². The number of nitrogens with zero attached hydrogens (tertiary/aromatic N) is 1. The van der Waals surface area contributed by atoms with Gasteiger partial charge in [-0.3, -0.25) is 0 Å². The molecule has 0 aliphatic heterocycles. The molecule has 0 aromatic rings. The molecule has 0 N–H and O–H groups in total. The highest BCUT2D eigenvalue weighted by Crippen LogP contribution is 2.52. The van der Waals surface area contributed by atoms with Gasteiger partial charge in [-0.2, -0.15) is 11.8 Å². The third-order valence-electron chi connectivity index (χ3n) is 9.32. The number of allylic oxidation sites excluding steroid dienone is 1. The number of hydrogen-bond acceptors (Lipinski definition) is 2. The maximum absolute atomic E-state index is 4.12. The third kappa shape index (κ3) is 9.36. The predicted molar refractivity (Wildman–Crippen MR) is 150 cm³/mol. The van der Waals surface area contributed by atoms with Gasteiger partial charge in [-0.1, -0.05) is 72.3 Å². The second-order valence-corrected chi connectivity index (χ2v) is 12.2. The number of thioether (sulfide) groups is 1. The number of rotatable bonds is 18. The van der Waals surface area contributed by atoms with Gasteiger partial charge in [0.15, 0.2) is 0 Å². The Labute approximate surface area is 208 Å². The van der Waals surface area contributed by atoms with E-state index in [1.54, 1.807) is 0 Å². The highest BCUT2D eigenvalue weighted by Gasteiger charge is 2.42. The van der Waals surface area contributed by atoms with Gasteiger partial charge >= 0.3 is 0 Å². The molecular weight excluding hydrogens is 406 g/mol. The maximum atomic E-state index is 4.12. The van der Waals surface area contributed by atoms with Gasteiger partial charge in [-0.25, -0.2) is 0 Å². The molecule has 1 aliphatic rings. The first-order valence-electron chi connectivity index (χ1n) is 14.2. The summed E-state index contributed by atoms with van der Waals surface area (Å²) in [6.07, 6.45) is 24.0. The van der Waals surface area contributed by atoms with Crippen molar-refractivity contribution in [1.29, 1.82) is 0 Å². The molecule has 4 atom stereocenters. The van der Waals surface area contributed by atoms with Gasteiger partial charge in [0.1, 0.15) is 0 Å². The van der Waals surface area contributed by atoms with E-state index in [2.05, 4.69) is 77.2 Å². The molecular formula is C30H59NS. The minimum absolute atomic E-state index is 0.567. The molecule has 4 unspecified atom stereocenters. The largest absolute Gasteiger partial charge is 0.303 e. The Morgan fingerprint density at radius 2 is 1.75 bits per heavy atom. The molecule has 1 fully saturated rings. The summed E-state index contributed by atoms with van der Waals surface area (Å²) in [6.45, 7) is 17.4. The fraction of sp³-hybridized carbons (Fsp3) is 0.933. The van der Waals surface area contributed by atoms with Crippen molar-refractivity contribution in [2.24, 2.45) is 23.2 Å². The van der Waals surface area contributed by atoms with E-state index in [4.69, 9.17) is 0 Å². The van der Waals surface area contributed by atoms with E-state index >= 15 is 0 Å². The molecule has 0 bridgehead atoms. The zero-order chi connectivity index (χ0) is 24.0. The molecule has 1 nitrogen and oxygen atoms in total. The van der Waals surface area contributed by atoms with E-state index in [1.807, 2.05) is 0 Å². The van der Waals surface area contributed by atoms with Crippen molar-refractivity contribution in [1.82, 2.24) is 4.90 Å². The first-order chi connectivity index (χ1) is 15.4. The first-order valence-corrected chi connectivity index (χ1v) is 15.5. The quantitative estimate of drug-likeness (QED) is 0.146. The highest BCUT2D eigenvalue weighted by molar-refractivity contribution is 7.99. The van der Waals surface area contributed by atoms with E-state index in [1.165, 1.54) is 96.4 Å². The fourth-order valence-electron chi connectivity index (χ4n) is 6.51. The van der Waals surface area contributed by atoms with Crippen LogP contribution < -0.4 is 0 Å². The van der Waals surface area contributed by atoms with Crippen molar-refractivity contribution in [3.8, 4) is 0 Å². The summed E-state index contributed by atoms with van der Waals surface area (Å²) in [5, 5.41) is 0.798. The van der Waals surface area contributed by atoms with Gasteiger partial charge in [0.05, 0.1) is 0 Å². The average Bonchev–Trinajstić information content (AvgIpc) is 2.82. The van der Waals surface area contributed by atoms with Crippen LogP contribution in [0.3, 0.4) is 0 Å². The smallest absolute Gasteiger partial charge is 0.00895 e. The lowest BCUT2D eigenvalue weighted by molar-refractivity contribution is 0.0626. The van der Waals surface area contributed by atoms with Crippen LogP contribution >= 0.6 is 11.8 Å². The van der Waals surface area contributed by atoms with Crippen LogP contribution in [0, 0.1) is 23.2 Å². The van der Waals surface area contributed by atoms with E-state index in [0.29, 0.717) is 5.41 Å². The molecule has 1 saturated carbocycles. The lowest BCUT2D eigenvalue weighted by Gasteiger charge is -2.48. The monoisotopic (exact) mass is 465 g/mol. The molecule has 0 heterocycles. The zero-order valence-corrected chi connectivity index (χ0v) is 23.9. The molecule has 0 saturated heterocycles. The minimum Gasteiger partial charge on any atom is -0.303 e. The molecule has 0 aromatic carbocycles. The molecule has 190 valence electrons. The van der Waals surface area contributed by atoms with Crippen molar-refractivity contribution in [3.05, 3.63) is 12.7 Å². The summed E-state index contributed by atoms with van der Waals surface area (Å²) in [7, 11) is 2.35. The predicted octanol–water partition coefficient (Wildman–Crippen LogP) is 9.61. The molecule has 0 amide bonds. The highest BCUT2D eigenvalue weighted by atomic mass is 32.2. The van der Waals surface area contributed by atoms with Gasteiger partial charge in [0.2, 0.25) is 0 Å². The normalized spacial score (nSPS) is 25.4. The SMILES string of the molecule is C=CCC(C(CC)SC)C1(CC)CCC(CCCCN(C)C(C)C(C)CCCCC)CC1. The van der Waals surface area contributed by atoms with Crippen molar-refractivity contribution in [2.75, 3.05) is 19.8 Å². The van der Waals surface area contributed by atoms with E-state index in [9.17, 15) is 0 Å². The Balaban J connectivity index is 2.41. The third-order valence-corrected chi connectivity index (χ3v) is 10.6. The van der Waals surface area contributed by atoms with Crippen LogP contribution in [-0.2, 0) is 0 Å². The standard InChI is InChI=1S/C30H59NS/c1-9-13-14-18-25(5)26(6)31(7)24-16-15-19-27-20-22-30(12-4,23-21-27)28(17-10-2)29(11-3)32-8/h10,25-29H,2,9,11-24H2,1,3-8H3. The number of unbranched alkanes of at least 4 members (excludes halogenated alkanes) is 3. The Bertz CT molecular complexity index is 463. The van der Waals surface area contributed by atoms with Gasteiger partial charge in [-0.05, 0) is 101 Å². The summed E-state index contributed by atoms with van der Waals surface area (Å²) in [5.74, 6) is 2.62. The molecule has 2 heteroatoms. The molecule has 0 spiro atoms. The second kappa shape index (κ2) is 16.6. The topological polar surface area (TPSA) is 3.24 Å². The summed E-state index contributed by atoms with van der Waals surface area (Å²) in [6, 6.07) is 0.719. The Morgan fingerprint density at radius 3 is 2.28 bits per heavy atom. The number of hydrogen-bond donors (Lipinski definition) is 0. The zero-order valence-electron chi connectivity index (χ0n) is 23.1. The Kier molecular flexibility index (Phi) is 15.6. The lowest BCUT2D eigenvalue weighted by Crippen LogP contribution is -2.39. The van der Waals surface area contributed by atoms with Gasteiger partial charge in [0, 0.05) is 11.3 Å². The van der Waals surface area contributed by atoms with Crippen molar-refractivity contribution >= 4 is 11.8 Å². The van der Waals surface area contributed by atoms with Crippen LogP contribution in [0.25, 0.3) is 0 Å². The van der Waals surface area contributed by atoms with Gasteiger partial charge in [-0.15, -0.1) is 6.58 Å². The van der Waals surface area contributed by atoms with Crippen LogP contribution in [-0.4, -0.2) is 36.0 Å². The summed E-state index contributed by atoms with van der Waals surface area (Å²) >= 11 is 2.10. The van der Waals surface area contributed by atoms with Gasteiger partial charge in [0.25, 0.3) is 0 Å². The summed E-state index contributed by atoms with van der Waals surface area (Å²) in [4.78, 5) is 2.63. The van der Waals surface area contributed by atoms with Crippen LogP contribution in [0.5, 0.6) is 0 Å². The Hall–Kier alpha value is 0.0500. The molecule has 32 heavy (non-hydrogen) atoms. The van der Waals surface area contributed by atoms with Gasteiger partial charge < -0.3 is 4.90 Å². The van der Waals surface area contributed by atoms with Crippen LogP contribution in [0.15, 0.2) is 12.7 Å². The molecule has 0 aromatic heterocycles. The van der Waals surface area contributed by atoms with Crippen molar-refractivity contribution in [2.45, 2.75) is 136 Å². The van der Waals surface area contributed by atoms with Crippen molar-refractivity contribution in [3.63, 3.8) is 0 Å². The van der Waals surface area contributed by atoms with Crippen LogP contribution in [0.1, 0.15) is 125 Å². The first kappa shape index (κ1) is 30.1. The fourth-order valence-corrected chi connectivity index (χ4v) is 7.57. The van der Waals surface area contributed by atoms with Crippen LogP contribution in [0.2, 0.25) is 0 Å². The van der Waals surface area contributed by atoms with E-state index in [-0.39, 0.29) is 0 Å². The molecule has 1 aliphatic carbocycles. The maximum Gasteiger partial charge on any atom is 0.00895 e. The lowest BCUT2D eigenvalue weighted by atomic mass is 9.60. The summed E-state index contributed by atoms with van der Waals surface area (Å²) in [5.41, 5.74) is 0.567. The van der Waals surface area contributed by atoms with E-state index < -0.39 is 0 Å². The molecule has 0 radical (unpaired) electrons. The average molecular weight is 466 g/mol. The summed E-state index contributed by atoms with van der Waals surface area (Å²) < 4.78 is 0. The Morgan fingerprint density at radius 1 is 1.06 bits per heavy atom. The molecule has 1 rings (SSSR count). The second-order valence-electron chi connectivity index (χ2n) is 11.2.